The van der Waals surface area contributed by atoms with Crippen LogP contribution in [0.5, 0.6) is 0 Å². The zero-order chi connectivity index (χ0) is 16.2. The third kappa shape index (κ3) is 4.07. The van der Waals surface area contributed by atoms with Gasteiger partial charge < -0.3 is 0 Å². The molecule has 122 valence electrons. The molecule has 0 aromatic heterocycles. The molecule has 0 aliphatic carbocycles. The van der Waals surface area contributed by atoms with Gasteiger partial charge in [-0.25, -0.2) is 13.9 Å². The maximum atomic E-state index is 12.6. The van der Waals surface area contributed by atoms with Crippen LogP contribution in [0.1, 0.15) is 19.8 Å². The van der Waals surface area contributed by atoms with Crippen LogP contribution < -0.4 is 5.48 Å². The second-order valence-electron chi connectivity index (χ2n) is 5.06. The number of hydroxylamine groups is 1. The Morgan fingerprint density at radius 3 is 2.73 bits per heavy atom. The van der Waals surface area contributed by atoms with Crippen LogP contribution in [0.2, 0.25) is 0 Å². The second kappa shape index (κ2) is 7.54. The highest BCUT2D eigenvalue weighted by molar-refractivity contribution is 9.10. The number of benzene rings is 1. The number of sulfonamides is 1. The van der Waals surface area contributed by atoms with Gasteiger partial charge in [0.25, 0.3) is 0 Å². The molecule has 0 bridgehead atoms. The molecular formula is C14H19BrN2O4S. The van der Waals surface area contributed by atoms with Crippen LogP contribution in [0.3, 0.4) is 0 Å². The number of carbonyl (C=O) groups is 1. The van der Waals surface area contributed by atoms with Crippen LogP contribution in [0.4, 0.5) is 0 Å². The minimum absolute atomic E-state index is 0.178. The first-order valence-electron chi connectivity index (χ1n) is 7.12. The Labute approximate surface area is 139 Å². The highest BCUT2D eigenvalue weighted by atomic mass is 79.9. The molecule has 1 aromatic carbocycles. The summed E-state index contributed by atoms with van der Waals surface area (Å²) in [7, 11) is -3.57. The summed E-state index contributed by atoms with van der Waals surface area (Å²) in [6.45, 7) is 2.75. The molecule has 2 rings (SSSR count). The van der Waals surface area contributed by atoms with Gasteiger partial charge in [0, 0.05) is 17.6 Å². The third-order valence-corrected chi connectivity index (χ3v) is 5.93. The predicted molar refractivity (Wildman–Crippen MR) is 85.4 cm³/mol. The molecule has 1 aliphatic heterocycles. The molecule has 1 N–H and O–H groups in total. The zero-order valence-electron chi connectivity index (χ0n) is 12.3. The average Bonchev–Trinajstić information content (AvgIpc) is 2.53. The molecule has 0 spiro atoms. The second-order valence-corrected chi connectivity index (χ2v) is 7.91. The van der Waals surface area contributed by atoms with E-state index in [4.69, 9.17) is 4.84 Å². The van der Waals surface area contributed by atoms with E-state index in [9.17, 15) is 13.2 Å². The van der Waals surface area contributed by atoms with Gasteiger partial charge in [0.15, 0.2) is 0 Å². The maximum Gasteiger partial charge on any atom is 0.247 e. The molecule has 1 amide bonds. The van der Waals surface area contributed by atoms with E-state index in [0.717, 1.165) is 4.47 Å². The van der Waals surface area contributed by atoms with Crippen molar-refractivity contribution in [1.82, 2.24) is 9.79 Å². The van der Waals surface area contributed by atoms with E-state index in [2.05, 4.69) is 21.4 Å². The topological polar surface area (TPSA) is 75.7 Å². The minimum Gasteiger partial charge on any atom is -0.274 e. The summed E-state index contributed by atoms with van der Waals surface area (Å²) in [4.78, 5) is 17.1. The van der Waals surface area contributed by atoms with Crippen LogP contribution in [0.25, 0.3) is 0 Å². The number of nitrogens with one attached hydrogen (secondary N) is 1. The van der Waals surface area contributed by atoms with Crippen LogP contribution >= 0.6 is 15.9 Å². The molecule has 1 unspecified atom stereocenters. The van der Waals surface area contributed by atoms with Crippen molar-refractivity contribution in [3.8, 4) is 0 Å². The van der Waals surface area contributed by atoms with E-state index in [1.54, 1.807) is 31.2 Å². The van der Waals surface area contributed by atoms with Gasteiger partial charge in [0.1, 0.15) is 0 Å². The standard InChI is InChI=1S/C14H19BrN2O4S/c1-2-21-16-14(18)11-4-3-9-17(10-11)22(19,20)13-7-5-12(15)6-8-13/h5-8,11H,2-4,9-10H2,1H3,(H,16,18). The van der Waals surface area contributed by atoms with E-state index in [1.165, 1.54) is 4.31 Å². The molecule has 22 heavy (non-hydrogen) atoms. The minimum atomic E-state index is -3.57. The molecule has 1 aromatic rings. The van der Waals surface area contributed by atoms with Gasteiger partial charge in [0.2, 0.25) is 15.9 Å². The Morgan fingerprint density at radius 1 is 1.41 bits per heavy atom. The molecular weight excluding hydrogens is 372 g/mol. The molecule has 0 radical (unpaired) electrons. The third-order valence-electron chi connectivity index (χ3n) is 3.52. The first-order chi connectivity index (χ1) is 10.4. The Hall–Kier alpha value is -0.960. The lowest BCUT2D eigenvalue weighted by Crippen LogP contribution is -2.45. The van der Waals surface area contributed by atoms with Crippen molar-refractivity contribution in [3.63, 3.8) is 0 Å². The first kappa shape index (κ1) is 17.4. The molecule has 1 atom stereocenters. The number of hydrogen-bond acceptors (Lipinski definition) is 4. The Kier molecular flexibility index (Phi) is 5.96. The fourth-order valence-electron chi connectivity index (χ4n) is 2.36. The highest BCUT2D eigenvalue weighted by Crippen LogP contribution is 2.24. The van der Waals surface area contributed by atoms with Crippen molar-refractivity contribution in [2.75, 3.05) is 19.7 Å². The highest BCUT2D eigenvalue weighted by Gasteiger charge is 2.33. The van der Waals surface area contributed by atoms with Crippen molar-refractivity contribution in [2.45, 2.75) is 24.7 Å². The van der Waals surface area contributed by atoms with Gasteiger partial charge in [-0.2, -0.15) is 4.31 Å². The van der Waals surface area contributed by atoms with E-state index < -0.39 is 10.0 Å². The summed E-state index contributed by atoms with van der Waals surface area (Å²) in [5.74, 6) is -0.650. The molecule has 1 fully saturated rings. The smallest absolute Gasteiger partial charge is 0.247 e. The van der Waals surface area contributed by atoms with E-state index in [-0.39, 0.29) is 23.3 Å². The number of hydrogen-bond donors (Lipinski definition) is 1. The Balaban J connectivity index is 2.11. The molecule has 1 saturated heterocycles. The molecule has 0 saturated carbocycles. The summed E-state index contributed by atoms with van der Waals surface area (Å²) >= 11 is 3.29. The fourth-order valence-corrected chi connectivity index (χ4v) is 4.15. The fraction of sp³-hybridized carbons (Fsp3) is 0.500. The summed E-state index contributed by atoms with van der Waals surface area (Å²) in [5.41, 5.74) is 2.35. The van der Waals surface area contributed by atoms with Gasteiger partial charge in [-0.3, -0.25) is 9.63 Å². The van der Waals surface area contributed by atoms with E-state index in [0.29, 0.717) is 26.0 Å². The van der Waals surface area contributed by atoms with E-state index in [1.807, 2.05) is 0 Å². The maximum absolute atomic E-state index is 12.6. The Bertz CT molecular complexity index is 618. The summed E-state index contributed by atoms with van der Waals surface area (Å²) in [6, 6.07) is 6.50. The van der Waals surface area contributed by atoms with Crippen molar-refractivity contribution in [1.29, 1.82) is 0 Å². The Morgan fingerprint density at radius 2 is 2.09 bits per heavy atom. The van der Waals surface area contributed by atoms with Crippen molar-refractivity contribution in [3.05, 3.63) is 28.7 Å². The number of rotatable bonds is 5. The summed E-state index contributed by atoms with van der Waals surface area (Å²) in [6.07, 6.45) is 1.31. The molecule has 8 heteroatoms. The lowest BCUT2D eigenvalue weighted by atomic mass is 9.99. The lowest BCUT2D eigenvalue weighted by molar-refractivity contribution is -0.138. The number of nitrogens with zero attached hydrogens (tertiary/aromatic N) is 1. The lowest BCUT2D eigenvalue weighted by Gasteiger charge is -2.31. The molecule has 1 aliphatic rings. The normalized spacial score (nSPS) is 19.8. The summed E-state index contributed by atoms with van der Waals surface area (Å²) in [5, 5.41) is 0. The van der Waals surface area contributed by atoms with Crippen LogP contribution in [-0.2, 0) is 19.7 Å². The quantitative estimate of drug-likeness (QED) is 0.779. The zero-order valence-corrected chi connectivity index (χ0v) is 14.7. The molecule has 1 heterocycles. The van der Waals surface area contributed by atoms with E-state index >= 15 is 0 Å². The van der Waals surface area contributed by atoms with Crippen LogP contribution in [0, 0.1) is 5.92 Å². The summed E-state index contributed by atoms with van der Waals surface area (Å²) < 4.78 is 27.4. The predicted octanol–water partition coefficient (Wildman–Crippen LogP) is 1.92. The number of halogens is 1. The first-order valence-corrected chi connectivity index (χ1v) is 9.36. The largest absolute Gasteiger partial charge is 0.274 e. The van der Waals surface area contributed by atoms with Crippen LogP contribution in [0.15, 0.2) is 33.6 Å². The average molecular weight is 391 g/mol. The number of carbonyl (C=O) groups excluding carboxylic acids is 1. The van der Waals surface area contributed by atoms with Gasteiger partial charge in [-0.1, -0.05) is 15.9 Å². The van der Waals surface area contributed by atoms with Crippen LogP contribution in [-0.4, -0.2) is 38.3 Å². The van der Waals surface area contributed by atoms with Gasteiger partial charge in [-0.15, -0.1) is 0 Å². The van der Waals surface area contributed by atoms with Crippen molar-refractivity contribution >= 4 is 31.9 Å². The van der Waals surface area contributed by atoms with Crippen molar-refractivity contribution < 1.29 is 18.0 Å². The number of piperidine rings is 1. The van der Waals surface area contributed by atoms with Gasteiger partial charge >= 0.3 is 0 Å². The van der Waals surface area contributed by atoms with Gasteiger partial charge in [0.05, 0.1) is 17.4 Å². The van der Waals surface area contributed by atoms with Gasteiger partial charge in [-0.05, 0) is 44.0 Å². The number of amides is 1. The van der Waals surface area contributed by atoms with Crippen molar-refractivity contribution in [2.24, 2.45) is 5.92 Å². The monoisotopic (exact) mass is 390 g/mol. The SMILES string of the molecule is CCONC(=O)C1CCCN(S(=O)(=O)c2ccc(Br)cc2)C1. The molecule has 6 nitrogen and oxygen atoms in total.